The van der Waals surface area contributed by atoms with E-state index in [1.807, 2.05) is 11.3 Å². The maximum absolute atomic E-state index is 9.04. The van der Waals surface area contributed by atoms with E-state index < -0.39 is 0 Å². The van der Waals surface area contributed by atoms with Crippen LogP contribution in [0, 0.1) is 5.92 Å². The highest BCUT2D eigenvalue weighted by Gasteiger charge is 2.17. The summed E-state index contributed by atoms with van der Waals surface area (Å²) in [4.78, 5) is 4.01. The Morgan fingerprint density at radius 2 is 2.20 bits per heavy atom. The van der Waals surface area contributed by atoms with Crippen molar-refractivity contribution in [3.63, 3.8) is 0 Å². The highest BCUT2D eigenvalue weighted by atomic mass is 32.1. The van der Waals surface area contributed by atoms with Gasteiger partial charge in [0.25, 0.3) is 0 Å². The molecule has 3 heteroatoms. The van der Waals surface area contributed by atoms with Crippen molar-refractivity contribution in [2.24, 2.45) is 5.92 Å². The van der Waals surface area contributed by atoms with Crippen molar-refractivity contribution in [1.29, 1.82) is 0 Å². The molecule has 2 nitrogen and oxygen atoms in total. The summed E-state index contributed by atoms with van der Waals surface area (Å²) in [5.41, 5.74) is 0. The standard InChI is InChI=1S/C12H19NOS/c14-10-11-3-6-13(7-4-11)8-5-12-2-1-9-15-12/h1-2,9,11,14H,3-8,10H2. The van der Waals surface area contributed by atoms with Crippen LogP contribution in [0.4, 0.5) is 0 Å². The van der Waals surface area contributed by atoms with Crippen LogP contribution in [-0.4, -0.2) is 36.2 Å². The zero-order chi connectivity index (χ0) is 10.5. The van der Waals surface area contributed by atoms with E-state index in [0.717, 1.165) is 13.1 Å². The van der Waals surface area contributed by atoms with Crippen LogP contribution in [0.15, 0.2) is 17.5 Å². The van der Waals surface area contributed by atoms with Crippen LogP contribution in [0.25, 0.3) is 0 Å². The molecule has 15 heavy (non-hydrogen) atoms. The molecular formula is C12H19NOS. The summed E-state index contributed by atoms with van der Waals surface area (Å²) in [5.74, 6) is 0.558. The zero-order valence-electron chi connectivity index (χ0n) is 9.06. The van der Waals surface area contributed by atoms with Gasteiger partial charge in [-0.3, -0.25) is 0 Å². The van der Waals surface area contributed by atoms with Gasteiger partial charge < -0.3 is 10.0 Å². The number of hydrogen-bond acceptors (Lipinski definition) is 3. The van der Waals surface area contributed by atoms with Crippen LogP contribution in [0.5, 0.6) is 0 Å². The predicted molar refractivity (Wildman–Crippen MR) is 64.3 cm³/mol. The first kappa shape index (κ1) is 11.1. The molecule has 0 bridgehead atoms. The molecule has 0 spiro atoms. The minimum absolute atomic E-state index is 0.374. The maximum atomic E-state index is 9.04. The smallest absolute Gasteiger partial charge is 0.0460 e. The lowest BCUT2D eigenvalue weighted by Crippen LogP contribution is -2.35. The third-order valence-corrected chi connectivity index (χ3v) is 4.16. The monoisotopic (exact) mass is 225 g/mol. The first-order valence-corrected chi connectivity index (χ1v) is 6.62. The van der Waals surface area contributed by atoms with E-state index in [9.17, 15) is 0 Å². The lowest BCUT2D eigenvalue weighted by Gasteiger charge is -2.30. The number of thiophene rings is 1. The van der Waals surface area contributed by atoms with Crippen LogP contribution in [0.2, 0.25) is 0 Å². The third-order valence-electron chi connectivity index (χ3n) is 3.22. The number of nitrogens with zero attached hydrogens (tertiary/aromatic N) is 1. The van der Waals surface area contributed by atoms with Crippen molar-refractivity contribution in [3.8, 4) is 0 Å². The van der Waals surface area contributed by atoms with Crippen LogP contribution in [0.1, 0.15) is 17.7 Å². The second kappa shape index (κ2) is 5.64. The van der Waals surface area contributed by atoms with Gasteiger partial charge in [-0.05, 0) is 49.7 Å². The van der Waals surface area contributed by atoms with Crippen molar-refractivity contribution in [2.45, 2.75) is 19.3 Å². The van der Waals surface area contributed by atoms with E-state index in [4.69, 9.17) is 5.11 Å². The number of piperidine rings is 1. The van der Waals surface area contributed by atoms with E-state index in [1.54, 1.807) is 0 Å². The molecule has 0 amide bonds. The van der Waals surface area contributed by atoms with E-state index in [2.05, 4.69) is 22.4 Å². The maximum Gasteiger partial charge on any atom is 0.0460 e. The van der Waals surface area contributed by atoms with Crippen LogP contribution in [-0.2, 0) is 6.42 Å². The Bertz CT molecular complexity index is 265. The lowest BCUT2D eigenvalue weighted by molar-refractivity contribution is 0.132. The summed E-state index contributed by atoms with van der Waals surface area (Å²) >= 11 is 1.85. The minimum atomic E-state index is 0.374. The van der Waals surface area contributed by atoms with Crippen molar-refractivity contribution >= 4 is 11.3 Å². The van der Waals surface area contributed by atoms with Gasteiger partial charge in [0.05, 0.1) is 0 Å². The fraction of sp³-hybridized carbons (Fsp3) is 0.667. The second-order valence-electron chi connectivity index (χ2n) is 4.30. The summed E-state index contributed by atoms with van der Waals surface area (Å²) in [6, 6.07) is 4.34. The van der Waals surface area contributed by atoms with Crippen LogP contribution >= 0.6 is 11.3 Å². The van der Waals surface area contributed by atoms with Gasteiger partial charge in [0.15, 0.2) is 0 Å². The molecule has 1 aromatic heterocycles. The predicted octanol–water partition coefficient (Wildman–Crippen LogP) is 1.99. The topological polar surface area (TPSA) is 23.5 Å². The average molecular weight is 225 g/mol. The molecule has 1 aliphatic rings. The lowest BCUT2D eigenvalue weighted by atomic mass is 9.98. The molecule has 1 fully saturated rings. The number of aliphatic hydroxyl groups is 1. The van der Waals surface area contributed by atoms with Gasteiger partial charge in [0, 0.05) is 18.0 Å². The van der Waals surface area contributed by atoms with Gasteiger partial charge in [-0.15, -0.1) is 11.3 Å². The van der Waals surface area contributed by atoms with Gasteiger partial charge in [-0.1, -0.05) is 6.07 Å². The summed E-state index contributed by atoms with van der Waals surface area (Å²) in [6.45, 7) is 3.88. The molecule has 1 N–H and O–H groups in total. The number of hydrogen-bond donors (Lipinski definition) is 1. The highest BCUT2D eigenvalue weighted by Crippen LogP contribution is 2.17. The van der Waals surface area contributed by atoms with E-state index in [-0.39, 0.29) is 0 Å². The quantitative estimate of drug-likeness (QED) is 0.847. The molecule has 0 radical (unpaired) electrons. The second-order valence-corrected chi connectivity index (χ2v) is 5.33. The van der Waals surface area contributed by atoms with Gasteiger partial charge in [-0.2, -0.15) is 0 Å². The minimum Gasteiger partial charge on any atom is -0.396 e. The molecule has 0 aromatic carbocycles. The fourth-order valence-corrected chi connectivity index (χ4v) is 2.81. The molecule has 1 saturated heterocycles. The molecule has 0 atom stereocenters. The van der Waals surface area contributed by atoms with Crippen molar-refractivity contribution < 1.29 is 5.11 Å². The molecule has 0 aliphatic carbocycles. The Morgan fingerprint density at radius 1 is 1.40 bits per heavy atom. The molecular weight excluding hydrogens is 206 g/mol. The number of aliphatic hydroxyl groups excluding tert-OH is 1. The van der Waals surface area contributed by atoms with Crippen LogP contribution < -0.4 is 0 Å². The zero-order valence-corrected chi connectivity index (χ0v) is 9.88. The Morgan fingerprint density at radius 3 is 2.80 bits per heavy atom. The highest BCUT2D eigenvalue weighted by molar-refractivity contribution is 7.09. The summed E-state index contributed by atoms with van der Waals surface area (Å²) in [7, 11) is 0. The molecule has 2 rings (SSSR count). The normalized spacial score (nSPS) is 19.5. The van der Waals surface area contributed by atoms with E-state index in [1.165, 1.54) is 30.7 Å². The summed E-state index contributed by atoms with van der Waals surface area (Å²) < 4.78 is 0. The molecule has 0 unspecified atom stereocenters. The Hall–Kier alpha value is -0.380. The van der Waals surface area contributed by atoms with E-state index >= 15 is 0 Å². The first-order chi connectivity index (χ1) is 7.38. The van der Waals surface area contributed by atoms with Gasteiger partial charge in [-0.25, -0.2) is 0 Å². The Balaban J connectivity index is 1.69. The molecule has 2 heterocycles. The molecule has 1 aliphatic heterocycles. The first-order valence-electron chi connectivity index (χ1n) is 5.74. The average Bonchev–Trinajstić information content (AvgIpc) is 2.80. The van der Waals surface area contributed by atoms with E-state index in [0.29, 0.717) is 12.5 Å². The summed E-state index contributed by atoms with van der Waals surface area (Å²) in [6.07, 6.45) is 3.52. The Kier molecular flexibility index (Phi) is 4.18. The Labute approximate surface area is 95.5 Å². The van der Waals surface area contributed by atoms with Crippen molar-refractivity contribution in [3.05, 3.63) is 22.4 Å². The number of rotatable bonds is 4. The SMILES string of the molecule is OCC1CCN(CCc2cccs2)CC1. The number of likely N-dealkylation sites (tertiary alicyclic amines) is 1. The fourth-order valence-electron chi connectivity index (χ4n) is 2.12. The summed E-state index contributed by atoms with van der Waals surface area (Å²) in [5, 5.41) is 11.2. The molecule has 84 valence electrons. The van der Waals surface area contributed by atoms with Crippen LogP contribution in [0.3, 0.4) is 0 Å². The third kappa shape index (κ3) is 3.30. The van der Waals surface area contributed by atoms with Crippen molar-refractivity contribution in [1.82, 2.24) is 4.90 Å². The van der Waals surface area contributed by atoms with Gasteiger partial charge in [0.1, 0.15) is 0 Å². The van der Waals surface area contributed by atoms with Crippen molar-refractivity contribution in [2.75, 3.05) is 26.2 Å². The largest absolute Gasteiger partial charge is 0.396 e. The molecule has 0 saturated carbocycles. The van der Waals surface area contributed by atoms with Gasteiger partial charge in [0.2, 0.25) is 0 Å². The molecule has 1 aromatic rings. The van der Waals surface area contributed by atoms with Gasteiger partial charge >= 0.3 is 0 Å².